The number of hydrogen-bond acceptors (Lipinski definition) is 8. The zero-order chi connectivity index (χ0) is 27.6. The highest BCUT2D eigenvalue weighted by Crippen LogP contribution is 2.36. The Kier molecular flexibility index (Phi) is 14.1. The Morgan fingerprint density at radius 1 is 0.765 bits per heavy atom. The molecule has 1 atom stereocenters. The summed E-state index contributed by atoms with van der Waals surface area (Å²) in [5, 5.41) is 0. The average Bonchev–Trinajstić information content (AvgIpc) is 2.69. The SMILES string of the molecule is CCOC(C(OC)(OCC)OCC)[N+](C)(CC)CC.O=S(=O)([N-]S(=O)(=O)C(F)(F)F)C(F)(F)F. The summed E-state index contributed by atoms with van der Waals surface area (Å²) >= 11 is 0. The molecule has 0 aliphatic rings. The third-order valence-corrected chi connectivity index (χ3v) is 7.13. The molecule has 0 saturated heterocycles. The van der Waals surface area contributed by atoms with Crippen molar-refractivity contribution in [3.05, 3.63) is 4.13 Å². The van der Waals surface area contributed by atoms with E-state index in [0.717, 1.165) is 17.2 Å². The molecule has 0 aromatic rings. The topological polar surface area (TPSA) is 119 Å². The molecule has 0 amide bonds. The first-order valence-corrected chi connectivity index (χ1v) is 12.7. The van der Waals surface area contributed by atoms with Gasteiger partial charge in [-0.3, -0.25) is 4.48 Å². The normalized spacial score (nSPS) is 15.0. The van der Waals surface area contributed by atoms with Gasteiger partial charge < -0.3 is 23.1 Å². The lowest BCUT2D eigenvalue weighted by atomic mass is 10.3. The summed E-state index contributed by atoms with van der Waals surface area (Å²) < 4.78 is 133. The first kappa shape index (κ1) is 35.4. The molecule has 0 rings (SSSR count). The molecule has 0 aliphatic carbocycles. The summed E-state index contributed by atoms with van der Waals surface area (Å²) in [6, 6.07) is 0. The van der Waals surface area contributed by atoms with E-state index in [2.05, 4.69) is 20.9 Å². The van der Waals surface area contributed by atoms with Crippen molar-refractivity contribution in [2.75, 3.05) is 47.1 Å². The van der Waals surface area contributed by atoms with E-state index >= 15 is 0 Å². The van der Waals surface area contributed by atoms with Crippen molar-refractivity contribution in [2.45, 2.75) is 57.8 Å². The molecular weight excluding hydrogens is 526 g/mol. The lowest BCUT2D eigenvalue weighted by Crippen LogP contribution is -2.66. The van der Waals surface area contributed by atoms with Crippen molar-refractivity contribution in [1.82, 2.24) is 0 Å². The minimum absolute atomic E-state index is 0.322. The maximum Gasteiger partial charge on any atom is 0.480 e. The van der Waals surface area contributed by atoms with Crippen LogP contribution in [0, 0.1) is 0 Å². The fourth-order valence-corrected chi connectivity index (χ4v) is 4.11. The average molecular weight is 559 g/mol. The van der Waals surface area contributed by atoms with Crippen LogP contribution in [-0.4, -0.2) is 91.6 Å². The van der Waals surface area contributed by atoms with E-state index < -0.39 is 37.0 Å². The van der Waals surface area contributed by atoms with E-state index in [9.17, 15) is 43.2 Å². The van der Waals surface area contributed by atoms with Gasteiger partial charge in [0.1, 0.15) is 0 Å². The first-order chi connectivity index (χ1) is 15.2. The molecule has 0 fully saturated rings. The zero-order valence-corrected chi connectivity index (χ0v) is 21.5. The predicted molar refractivity (Wildman–Crippen MR) is 109 cm³/mol. The Hall–Kier alpha value is -0.760. The smallest absolute Gasteiger partial charge is 0.421 e. The fraction of sp³-hybridized carbons (Fsp3) is 1.00. The number of methoxy groups -OCH3 is 1. The zero-order valence-electron chi connectivity index (χ0n) is 19.9. The second-order valence-electron chi connectivity index (χ2n) is 6.51. The fourth-order valence-electron chi connectivity index (χ4n) is 2.40. The highest BCUT2D eigenvalue weighted by Gasteiger charge is 2.53. The van der Waals surface area contributed by atoms with Gasteiger partial charge in [-0.15, -0.1) is 0 Å². The van der Waals surface area contributed by atoms with Gasteiger partial charge in [0.05, 0.1) is 26.7 Å². The minimum atomic E-state index is -6.72. The Balaban J connectivity index is 0. The van der Waals surface area contributed by atoms with Gasteiger partial charge >= 0.3 is 17.0 Å². The van der Waals surface area contributed by atoms with Crippen LogP contribution in [0.25, 0.3) is 4.13 Å². The summed E-state index contributed by atoms with van der Waals surface area (Å²) in [4.78, 5) is 0. The number of hydrogen-bond donors (Lipinski definition) is 0. The molecule has 0 aromatic heterocycles. The predicted octanol–water partition coefficient (Wildman–Crippen LogP) is 3.27. The molecule has 0 aromatic carbocycles. The van der Waals surface area contributed by atoms with Gasteiger partial charge in [-0.1, -0.05) is 0 Å². The van der Waals surface area contributed by atoms with Crippen LogP contribution < -0.4 is 0 Å². The summed E-state index contributed by atoms with van der Waals surface area (Å²) in [6.45, 7) is 13.5. The molecule has 18 heteroatoms. The molecular formula is C16H32F6N2O8S2. The van der Waals surface area contributed by atoms with Crippen molar-refractivity contribution in [3.8, 4) is 0 Å². The van der Waals surface area contributed by atoms with Crippen LogP contribution >= 0.6 is 0 Å². The van der Waals surface area contributed by atoms with Crippen molar-refractivity contribution in [2.24, 2.45) is 0 Å². The molecule has 10 nitrogen and oxygen atoms in total. The lowest BCUT2D eigenvalue weighted by molar-refractivity contribution is -0.969. The van der Waals surface area contributed by atoms with Gasteiger partial charge in [0.15, 0.2) is 20.0 Å². The number of rotatable bonds is 13. The summed E-state index contributed by atoms with van der Waals surface area (Å²) in [5.41, 5.74) is -12.4. The lowest BCUT2D eigenvalue weighted by Gasteiger charge is -2.46. The second kappa shape index (κ2) is 13.5. The maximum atomic E-state index is 11.4. The first-order valence-electron chi connectivity index (χ1n) is 9.86. The van der Waals surface area contributed by atoms with Crippen LogP contribution in [0.5, 0.6) is 0 Å². The van der Waals surface area contributed by atoms with Gasteiger partial charge in [-0.25, -0.2) is 16.8 Å². The van der Waals surface area contributed by atoms with Crippen molar-refractivity contribution < 1.29 is 66.6 Å². The summed E-state index contributed by atoms with van der Waals surface area (Å²) in [7, 11) is -9.71. The van der Waals surface area contributed by atoms with Crippen LogP contribution in [0.3, 0.4) is 0 Å². The van der Waals surface area contributed by atoms with Gasteiger partial charge in [-0.2, -0.15) is 26.3 Å². The molecule has 0 saturated carbocycles. The van der Waals surface area contributed by atoms with Crippen LogP contribution in [0.2, 0.25) is 0 Å². The second-order valence-corrected chi connectivity index (χ2v) is 9.93. The maximum absolute atomic E-state index is 11.4. The number of ether oxygens (including phenoxy) is 4. The molecule has 0 bridgehead atoms. The van der Waals surface area contributed by atoms with E-state index in [1.54, 1.807) is 7.11 Å². The van der Waals surface area contributed by atoms with Crippen LogP contribution in [0.1, 0.15) is 34.6 Å². The molecule has 0 aliphatic heterocycles. The van der Waals surface area contributed by atoms with E-state index in [1.807, 2.05) is 20.8 Å². The molecule has 0 heterocycles. The van der Waals surface area contributed by atoms with Crippen molar-refractivity contribution >= 4 is 20.0 Å². The standard InChI is InChI=1S/C14H32NO4.C2F6NO4S2/c1-8-15(6,9-2)13(17-10-3)14(16-7,18-11-4)19-12-5;3-1(4,5)14(10,11)9-15(12,13)2(6,7)8/h13H,8-12H2,1-7H3;/q+1;-1. The number of alkyl halides is 6. The Morgan fingerprint density at radius 3 is 1.32 bits per heavy atom. The molecule has 0 radical (unpaired) electrons. The number of halogens is 6. The molecule has 0 spiro atoms. The van der Waals surface area contributed by atoms with Crippen molar-refractivity contribution in [1.29, 1.82) is 0 Å². The minimum Gasteiger partial charge on any atom is -0.421 e. The van der Waals surface area contributed by atoms with E-state index in [1.165, 1.54) is 0 Å². The molecule has 208 valence electrons. The highest BCUT2D eigenvalue weighted by molar-refractivity contribution is 8.13. The van der Waals surface area contributed by atoms with Gasteiger partial charge in [0, 0.05) is 20.3 Å². The monoisotopic (exact) mass is 558 g/mol. The molecule has 1 unspecified atom stereocenters. The largest absolute Gasteiger partial charge is 0.480 e. The Morgan fingerprint density at radius 2 is 1.12 bits per heavy atom. The van der Waals surface area contributed by atoms with Gasteiger partial charge in [0.2, 0.25) is 0 Å². The quantitative estimate of drug-likeness (QED) is 0.192. The van der Waals surface area contributed by atoms with Crippen LogP contribution in [-0.2, 0) is 39.0 Å². The van der Waals surface area contributed by atoms with Gasteiger partial charge in [-0.05, 0) is 34.6 Å². The number of nitrogens with zero attached hydrogens (tertiary/aromatic N) is 2. The van der Waals surface area contributed by atoms with Crippen LogP contribution in [0.4, 0.5) is 26.3 Å². The third-order valence-electron chi connectivity index (χ3n) is 4.39. The van der Waals surface area contributed by atoms with Crippen molar-refractivity contribution in [3.63, 3.8) is 0 Å². The highest BCUT2D eigenvalue weighted by atomic mass is 32.3. The van der Waals surface area contributed by atoms with E-state index in [0.29, 0.717) is 24.3 Å². The molecule has 0 N–H and O–H groups in total. The Bertz CT molecular complexity index is 751. The number of quaternary nitrogens is 1. The van der Waals surface area contributed by atoms with E-state index in [4.69, 9.17) is 18.9 Å². The summed E-state index contributed by atoms with van der Waals surface area (Å²) in [5.74, 6) is -1.15. The third kappa shape index (κ3) is 9.36. The number of likely N-dealkylation sites (N-methyl/N-ethyl adjacent to an activating group) is 1. The Labute approximate surface area is 196 Å². The molecule has 34 heavy (non-hydrogen) atoms. The number of sulfonamides is 2. The van der Waals surface area contributed by atoms with Crippen LogP contribution in [0.15, 0.2) is 0 Å². The summed E-state index contributed by atoms with van der Waals surface area (Å²) in [6.07, 6.45) is -0.322. The van der Waals surface area contributed by atoms with Gasteiger partial charge in [0.25, 0.3) is 6.23 Å². The van der Waals surface area contributed by atoms with E-state index in [-0.39, 0.29) is 6.23 Å².